The standard InChI is InChI=1S/C20H20ClFN4O2/c21-15-5-1-3-13(7-15)9-23-20-18(27)12-28-19(20)11-26-10-17(24-25-26)14-4-2-6-16(22)8-14/h1-8,10,18-20,23,27H,9,11-12H2/t18-,19+,20+/m0/s1. The molecule has 146 valence electrons. The SMILES string of the molecule is O[C@H]1CO[C@H](Cn2cc(-c3cccc(F)c3)nn2)[C@@H]1NCc1cccc(Cl)c1. The first-order valence-electron chi connectivity index (χ1n) is 9.02. The van der Waals surface area contributed by atoms with E-state index in [0.717, 1.165) is 5.56 Å². The lowest BCUT2D eigenvalue weighted by Gasteiger charge is -2.21. The van der Waals surface area contributed by atoms with Crippen molar-refractivity contribution in [2.24, 2.45) is 0 Å². The minimum Gasteiger partial charge on any atom is -0.389 e. The summed E-state index contributed by atoms with van der Waals surface area (Å²) in [7, 11) is 0. The van der Waals surface area contributed by atoms with Crippen LogP contribution in [-0.2, 0) is 17.8 Å². The summed E-state index contributed by atoms with van der Waals surface area (Å²) >= 11 is 6.02. The van der Waals surface area contributed by atoms with Gasteiger partial charge in [-0.25, -0.2) is 9.07 Å². The lowest BCUT2D eigenvalue weighted by Crippen LogP contribution is -2.45. The highest BCUT2D eigenvalue weighted by Crippen LogP contribution is 2.20. The second-order valence-electron chi connectivity index (χ2n) is 6.81. The lowest BCUT2D eigenvalue weighted by molar-refractivity contribution is 0.0741. The zero-order valence-electron chi connectivity index (χ0n) is 15.0. The number of rotatable bonds is 6. The average Bonchev–Trinajstić information content (AvgIpc) is 3.28. The van der Waals surface area contributed by atoms with Crippen molar-refractivity contribution in [1.82, 2.24) is 20.3 Å². The molecule has 1 aliphatic rings. The maximum atomic E-state index is 13.4. The fourth-order valence-corrected chi connectivity index (χ4v) is 3.56. The van der Waals surface area contributed by atoms with E-state index in [9.17, 15) is 9.50 Å². The van der Waals surface area contributed by atoms with Crippen LogP contribution in [0.3, 0.4) is 0 Å². The quantitative estimate of drug-likeness (QED) is 0.663. The Morgan fingerprint density at radius 2 is 2.11 bits per heavy atom. The van der Waals surface area contributed by atoms with Gasteiger partial charge in [0.05, 0.1) is 37.6 Å². The Morgan fingerprint density at radius 1 is 1.25 bits per heavy atom. The number of benzene rings is 2. The highest BCUT2D eigenvalue weighted by molar-refractivity contribution is 6.30. The van der Waals surface area contributed by atoms with Gasteiger partial charge >= 0.3 is 0 Å². The van der Waals surface area contributed by atoms with Crippen molar-refractivity contribution < 1.29 is 14.2 Å². The Balaban J connectivity index is 1.42. The van der Waals surface area contributed by atoms with Gasteiger partial charge in [-0.2, -0.15) is 0 Å². The molecule has 3 atom stereocenters. The third kappa shape index (κ3) is 4.39. The smallest absolute Gasteiger partial charge is 0.123 e. The highest BCUT2D eigenvalue weighted by Gasteiger charge is 2.36. The number of halogens is 2. The Labute approximate surface area is 166 Å². The molecule has 1 fully saturated rings. The number of aliphatic hydroxyl groups is 1. The maximum Gasteiger partial charge on any atom is 0.123 e. The number of nitrogens with zero attached hydrogens (tertiary/aromatic N) is 3. The van der Waals surface area contributed by atoms with E-state index in [2.05, 4.69) is 15.6 Å². The number of hydrogen-bond acceptors (Lipinski definition) is 5. The summed E-state index contributed by atoms with van der Waals surface area (Å²) < 4.78 is 20.8. The van der Waals surface area contributed by atoms with Crippen LogP contribution in [-0.4, -0.2) is 45.0 Å². The van der Waals surface area contributed by atoms with Crippen LogP contribution in [0.4, 0.5) is 4.39 Å². The molecule has 0 radical (unpaired) electrons. The monoisotopic (exact) mass is 402 g/mol. The molecular formula is C20H20ClFN4O2. The third-order valence-electron chi connectivity index (χ3n) is 4.75. The number of aliphatic hydroxyl groups excluding tert-OH is 1. The van der Waals surface area contributed by atoms with E-state index in [4.69, 9.17) is 16.3 Å². The van der Waals surface area contributed by atoms with Gasteiger partial charge in [0.15, 0.2) is 0 Å². The topological polar surface area (TPSA) is 72.2 Å². The normalized spacial score (nSPS) is 21.9. The van der Waals surface area contributed by atoms with E-state index in [1.807, 2.05) is 24.3 Å². The van der Waals surface area contributed by atoms with E-state index < -0.39 is 6.10 Å². The molecular weight excluding hydrogens is 383 g/mol. The predicted molar refractivity (Wildman–Crippen MR) is 103 cm³/mol. The van der Waals surface area contributed by atoms with Crippen LogP contribution in [0.5, 0.6) is 0 Å². The largest absolute Gasteiger partial charge is 0.389 e. The van der Waals surface area contributed by atoms with Crippen molar-refractivity contribution in [3.8, 4) is 11.3 Å². The molecule has 0 unspecified atom stereocenters. The summed E-state index contributed by atoms with van der Waals surface area (Å²) in [5, 5.41) is 22.5. The average molecular weight is 403 g/mol. The van der Waals surface area contributed by atoms with Gasteiger partial charge in [-0.3, -0.25) is 0 Å². The van der Waals surface area contributed by atoms with Crippen LogP contribution in [0.25, 0.3) is 11.3 Å². The molecule has 4 rings (SSSR count). The second-order valence-corrected chi connectivity index (χ2v) is 7.25. The molecule has 2 heterocycles. The van der Waals surface area contributed by atoms with Crippen LogP contribution in [0.1, 0.15) is 5.56 Å². The molecule has 28 heavy (non-hydrogen) atoms. The molecule has 0 aliphatic carbocycles. The van der Waals surface area contributed by atoms with Crippen LogP contribution < -0.4 is 5.32 Å². The second kappa shape index (κ2) is 8.36. The van der Waals surface area contributed by atoms with Crippen LogP contribution in [0.15, 0.2) is 54.7 Å². The molecule has 3 aromatic rings. The number of ether oxygens (including phenoxy) is 1. The maximum absolute atomic E-state index is 13.4. The molecule has 0 amide bonds. The van der Waals surface area contributed by atoms with Gasteiger partial charge in [0.1, 0.15) is 11.5 Å². The minimum absolute atomic E-state index is 0.249. The van der Waals surface area contributed by atoms with Gasteiger partial charge in [-0.05, 0) is 29.8 Å². The molecule has 6 nitrogen and oxygen atoms in total. The Hall–Kier alpha value is -2.32. The molecule has 0 bridgehead atoms. The van der Waals surface area contributed by atoms with Gasteiger partial charge in [0.2, 0.25) is 0 Å². The lowest BCUT2D eigenvalue weighted by atomic mass is 10.1. The van der Waals surface area contributed by atoms with E-state index in [1.54, 1.807) is 23.0 Å². The molecule has 1 saturated heterocycles. The first-order valence-corrected chi connectivity index (χ1v) is 9.40. The number of hydrogen-bond donors (Lipinski definition) is 2. The van der Waals surface area contributed by atoms with Crippen molar-refractivity contribution in [2.45, 2.75) is 31.3 Å². The summed E-state index contributed by atoms with van der Waals surface area (Å²) in [4.78, 5) is 0. The van der Waals surface area contributed by atoms with Crippen molar-refractivity contribution in [2.75, 3.05) is 6.61 Å². The van der Waals surface area contributed by atoms with Gasteiger partial charge in [0.25, 0.3) is 0 Å². The van der Waals surface area contributed by atoms with E-state index in [1.165, 1.54) is 12.1 Å². The Bertz CT molecular complexity index is 951. The van der Waals surface area contributed by atoms with Crippen LogP contribution in [0.2, 0.25) is 5.02 Å². The van der Waals surface area contributed by atoms with Crippen molar-refractivity contribution >= 4 is 11.6 Å². The van der Waals surface area contributed by atoms with Crippen LogP contribution in [0, 0.1) is 5.82 Å². The van der Waals surface area contributed by atoms with E-state index >= 15 is 0 Å². The summed E-state index contributed by atoms with van der Waals surface area (Å²) in [6.07, 6.45) is 0.864. The summed E-state index contributed by atoms with van der Waals surface area (Å²) in [5.41, 5.74) is 2.27. The van der Waals surface area contributed by atoms with Gasteiger partial charge in [0, 0.05) is 17.1 Å². The van der Waals surface area contributed by atoms with E-state index in [0.29, 0.717) is 29.4 Å². The fraction of sp³-hybridized carbons (Fsp3) is 0.300. The van der Waals surface area contributed by atoms with Crippen LogP contribution >= 0.6 is 11.6 Å². The molecule has 8 heteroatoms. The molecule has 0 spiro atoms. The third-order valence-corrected chi connectivity index (χ3v) is 4.99. The van der Waals surface area contributed by atoms with Gasteiger partial charge < -0.3 is 15.2 Å². The first kappa shape index (κ1) is 19.0. The zero-order valence-corrected chi connectivity index (χ0v) is 15.8. The molecule has 2 N–H and O–H groups in total. The Kier molecular flexibility index (Phi) is 5.68. The minimum atomic E-state index is -0.615. The van der Waals surface area contributed by atoms with Gasteiger partial charge in [-0.15, -0.1) is 5.10 Å². The highest BCUT2D eigenvalue weighted by atomic mass is 35.5. The fourth-order valence-electron chi connectivity index (χ4n) is 3.35. The molecule has 1 aromatic heterocycles. The molecule has 0 saturated carbocycles. The Morgan fingerprint density at radius 3 is 2.93 bits per heavy atom. The summed E-state index contributed by atoms with van der Waals surface area (Å²) in [6, 6.07) is 13.5. The molecule has 2 aromatic carbocycles. The zero-order chi connectivity index (χ0) is 19.5. The first-order chi connectivity index (χ1) is 13.6. The predicted octanol–water partition coefficient (Wildman–Crippen LogP) is 2.66. The summed E-state index contributed by atoms with van der Waals surface area (Å²) in [6.45, 7) is 1.24. The summed E-state index contributed by atoms with van der Waals surface area (Å²) in [5.74, 6) is -0.320. The molecule has 1 aliphatic heterocycles. The van der Waals surface area contributed by atoms with E-state index in [-0.39, 0.29) is 24.6 Å². The van der Waals surface area contributed by atoms with Gasteiger partial charge in [-0.1, -0.05) is 41.1 Å². The van der Waals surface area contributed by atoms with Crippen molar-refractivity contribution in [3.05, 3.63) is 71.1 Å². The number of nitrogens with one attached hydrogen (secondary N) is 1. The number of aromatic nitrogens is 3. The van der Waals surface area contributed by atoms with Crippen molar-refractivity contribution in [1.29, 1.82) is 0 Å². The van der Waals surface area contributed by atoms with Crippen molar-refractivity contribution in [3.63, 3.8) is 0 Å².